The minimum absolute atomic E-state index is 0.155. The molecule has 1 aromatic carbocycles. The van der Waals surface area contributed by atoms with Crippen LogP contribution in [0.4, 0.5) is 4.39 Å². The lowest BCUT2D eigenvalue weighted by Gasteiger charge is -2.09. The fraction of sp³-hybridized carbons (Fsp3) is 0.385. The average Bonchev–Trinajstić information content (AvgIpc) is 2.77. The van der Waals surface area contributed by atoms with Crippen LogP contribution in [0.3, 0.4) is 0 Å². The monoisotopic (exact) mass is 265 g/mol. The van der Waals surface area contributed by atoms with Crippen molar-refractivity contribution in [3.63, 3.8) is 0 Å². The fourth-order valence-electron chi connectivity index (χ4n) is 1.83. The summed E-state index contributed by atoms with van der Waals surface area (Å²) < 4.78 is 18.5. The van der Waals surface area contributed by atoms with Gasteiger partial charge in [0.15, 0.2) is 17.5 Å². The Hall–Kier alpha value is -2.11. The van der Waals surface area contributed by atoms with Crippen LogP contribution in [-0.2, 0) is 4.79 Å². The Labute approximate surface area is 110 Å². The molecule has 1 atom stereocenters. The highest BCUT2D eigenvalue weighted by atomic mass is 19.1. The van der Waals surface area contributed by atoms with Gasteiger partial charge in [-0.15, -0.1) is 0 Å². The van der Waals surface area contributed by atoms with Gasteiger partial charge < -0.3 is 10.1 Å². The van der Waals surface area contributed by atoms with Crippen LogP contribution in [0.15, 0.2) is 23.2 Å². The summed E-state index contributed by atoms with van der Waals surface area (Å²) in [6.07, 6.45) is 0.892. The molecule has 2 rings (SSSR count). The van der Waals surface area contributed by atoms with Gasteiger partial charge in [-0.2, -0.15) is 0 Å². The maximum Gasteiger partial charge on any atom is 0.253 e. The van der Waals surface area contributed by atoms with Crippen molar-refractivity contribution in [1.29, 1.82) is 0 Å². The van der Waals surface area contributed by atoms with E-state index in [1.54, 1.807) is 6.07 Å². The number of halogens is 1. The highest BCUT2D eigenvalue weighted by molar-refractivity contribution is 6.06. The van der Waals surface area contributed by atoms with Crippen molar-refractivity contribution in [3.05, 3.63) is 29.6 Å². The van der Waals surface area contributed by atoms with Crippen LogP contribution >= 0.6 is 0 Å². The molecule has 1 fully saturated rings. The molecule has 0 spiro atoms. The Balaban J connectivity index is 2.18. The quantitative estimate of drug-likeness (QED) is 0.864. The third-order valence-electron chi connectivity index (χ3n) is 2.79. The molecule has 0 bridgehead atoms. The van der Waals surface area contributed by atoms with E-state index in [9.17, 15) is 9.18 Å². The Bertz CT molecular complexity index is 517. The Morgan fingerprint density at radius 2 is 2.26 bits per heavy atom. The molecule has 102 valence electrons. The van der Waals surface area contributed by atoms with Gasteiger partial charge in [0.1, 0.15) is 6.04 Å². The average molecular weight is 265 g/mol. The van der Waals surface area contributed by atoms with E-state index in [2.05, 4.69) is 15.6 Å². The summed E-state index contributed by atoms with van der Waals surface area (Å²) >= 11 is 0. The maximum absolute atomic E-state index is 13.6. The first kappa shape index (κ1) is 13.3. The molecule has 1 unspecified atom stereocenters. The first-order chi connectivity index (χ1) is 9.15. The van der Waals surface area contributed by atoms with Crippen LogP contribution in [-0.4, -0.2) is 25.5 Å². The van der Waals surface area contributed by atoms with Crippen molar-refractivity contribution in [1.82, 2.24) is 10.6 Å². The van der Waals surface area contributed by atoms with Gasteiger partial charge in [-0.25, -0.2) is 4.39 Å². The number of hydrogen-bond acceptors (Lipinski definition) is 3. The van der Waals surface area contributed by atoms with Crippen molar-refractivity contribution < 1.29 is 13.9 Å². The number of aliphatic imine (C=N–C) groups is 1. The molecule has 5 nitrogen and oxygen atoms in total. The number of nitrogens with one attached hydrogen (secondary N) is 2. The first-order valence-corrected chi connectivity index (χ1v) is 6.11. The molecule has 1 aliphatic heterocycles. The molecule has 19 heavy (non-hydrogen) atoms. The molecule has 0 aromatic heterocycles. The normalized spacial score (nSPS) is 20.3. The Morgan fingerprint density at radius 1 is 1.47 bits per heavy atom. The zero-order valence-electron chi connectivity index (χ0n) is 10.9. The van der Waals surface area contributed by atoms with Crippen LogP contribution in [0.25, 0.3) is 0 Å². The van der Waals surface area contributed by atoms with Gasteiger partial charge >= 0.3 is 0 Å². The minimum atomic E-state index is -0.615. The molecule has 0 saturated carbocycles. The predicted molar refractivity (Wildman–Crippen MR) is 69.6 cm³/mol. The number of guanidine groups is 1. The van der Waals surface area contributed by atoms with E-state index >= 15 is 0 Å². The van der Waals surface area contributed by atoms with E-state index in [1.165, 1.54) is 19.2 Å². The van der Waals surface area contributed by atoms with Gasteiger partial charge in [-0.05, 0) is 24.1 Å². The van der Waals surface area contributed by atoms with Gasteiger partial charge in [0, 0.05) is 6.54 Å². The van der Waals surface area contributed by atoms with Crippen molar-refractivity contribution in [2.24, 2.45) is 4.99 Å². The number of hydrogen-bond donors (Lipinski definition) is 2. The molecule has 1 heterocycles. The highest BCUT2D eigenvalue weighted by Gasteiger charge is 2.30. The van der Waals surface area contributed by atoms with Crippen LogP contribution in [0, 0.1) is 5.82 Å². The van der Waals surface area contributed by atoms with Crippen LogP contribution in [0.1, 0.15) is 24.9 Å². The summed E-state index contributed by atoms with van der Waals surface area (Å²) in [5, 5.41) is 5.57. The van der Waals surface area contributed by atoms with Gasteiger partial charge in [0.05, 0.1) is 7.11 Å². The lowest BCUT2D eigenvalue weighted by molar-refractivity contribution is -0.120. The SMILES string of the molecule is CCCN=C1NC(=O)C(c2ccc(OC)c(F)c2)N1. The molecule has 6 heteroatoms. The Kier molecular flexibility index (Phi) is 3.99. The Morgan fingerprint density at radius 3 is 2.89 bits per heavy atom. The maximum atomic E-state index is 13.6. The van der Waals surface area contributed by atoms with E-state index < -0.39 is 11.9 Å². The number of benzene rings is 1. The van der Waals surface area contributed by atoms with Gasteiger partial charge in [0.25, 0.3) is 5.91 Å². The minimum Gasteiger partial charge on any atom is -0.494 e. The summed E-state index contributed by atoms with van der Waals surface area (Å²) in [7, 11) is 1.40. The van der Waals surface area contributed by atoms with Crippen molar-refractivity contribution in [2.75, 3.05) is 13.7 Å². The topological polar surface area (TPSA) is 62.7 Å². The summed E-state index contributed by atoms with van der Waals surface area (Å²) in [4.78, 5) is 16.0. The highest BCUT2D eigenvalue weighted by Crippen LogP contribution is 2.23. The van der Waals surface area contributed by atoms with Crippen LogP contribution in [0.2, 0.25) is 0 Å². The zero-order valence-corrected chi connectivity index (χ0v) is 10.9. The third kappa shape index (κ3) is 2.83. The predicted octanol–water partition coefficient (Wildman–Crippen LogP) is 1.36. The second kappa shape index (κ2) is 5.69. The number of rotatable bonds is 4. The van der Waals surface area contributed by atoms with Crippen molar-refractivity contribution in [3.8, 4) is 5.75 Å². The number of ether oxygens (including phenoxy) is 1. The molecular weight excluding hydrogens is 249 g/mol. The fourth-order valence-corrected chi connectivity index (χ4v) is 1.83. The number of carbonyl (C=O) groups excluding carboxylic acids is 1. The molecule has 0 radical (unpaired) electrons. The van der Waals surface area contributed by atoms with Crippen LogP contribution in [0.5, 0.6) is 5.75 Å². The number of amides is 1. The molecule has 0 aliphatic carbocycles. The molecule has 1 amide bonds. The molecular formula is C13H16FN3O2. The molecule has 1 saturated heterocycles. The number of methoxy groups -OCH3 is 1. The van der Waals surface area contributed by atoms with E-state index in [0.29, 0.717) is 18.1 Å². The van der Waals surface area contributed by atoms with E-state index in [-0.39, 0.29) is 11.7 Å². The largest absolute Gasteiger partial charge is 0.494 e. The van der Waals surface area contributed by atoms with Crippen molar-refractivity contribution >= 4 is 11.9 Å². The molecule has 2 N–H and O–H groups in total. The smallest absolute Gasteiger partial charge is 0.253 e. The zero-order chi connectivity index (χ0) is 13.8. The second-order valence-corrected chi connectivity index (χ2v) is 4.19. The van der Waals surface area contributed by atoms with E-state index in [0.717, 1.165) is 6.42 Å². The lowest BCUT2D eigenvalue weighted by atomic mass is 10.1. The molecule has 1 aromatic rings. The summed E-state index contributed by atoms with van der Waals surface area (Å²) in [6, 6.07) is 3.83. The van der Waals surface area contributed by atoms with Crippen LogP contribution < -0.4 is 15.4 Å². The second-order valence-electron chi connectivity index (χ2n) is 4.19. The standard InChI is InChI=1S/C13H16FN3O2/c1-3-6-15-13-16-11(12(18)17-13)8-4-5-10(19-2)9(14)7-8/h4-5,7,11H,3,6H2,1-2H3,(H2,15,16,17,18). The van der Waals surface area contributed by atoms with Gasteiger partial charge in [0.2, 0.25) is 0 Å². The third-order valence-corrected chi connectivity index (χ3v) is 2.79. The van der Waals surface area contributed by atoms with Crippen molar-refractivity contribution in [2.45, 2.75) is 19.4 Å². The lowest BCUT2D eigenvalue weighted by Crippen LogP contribution is -2.25. The van der Waals surface area contributed by atoms with E-state index in [1.807, 2.05) is 6.92 Å². The number of nitrogens with zero attached hydrogens (tertiary/aromatic N) is 1. The first-order valence-electron chi connectivity index (χ1n) is 6.11. The number of carbonyl (C=O) groups is 1. The van der Waals surface area contributed by atoms with Gasteiger partial charge in [-0.1, -0.05) is 13.0 Å². The summed E-state index contributed by atoms with van der Waals surface area (Å²) in [5.41, 5.74) is 0.539. The summed E-state index contributed by atoms with van der Waals surface area (Å²) in [5.74, 6) is -0.136. The van der Waals surface area contributed by atoms with Gasteiger partial charge in [-0.3, -0.25) is 15.1 Å². The molecule has 1 aliphatic rings. The van der Waals surface area contributed by atoms with E-state index in [4.69, 9.17) is 4.74 Å². The summed E-state index contributed by atoms with van der Waals surface area (Å²) in [6.45, 7) is 2.63.